The third kappa shape index (κ3) is 4.74. The summed E-state index contributed by atoms with van der Waals surface area (Å²) in [5, 5.41) is 3.19. The molecule has 84 valence electrons. The minimum absolute atomic E-state index is 0.586. The summed E-state index contributed by atoms with van der Waals surface area (Å²) in [5.74, 6) is 1.42. The largest absolute Gasteiger partial charge is 0.379 e. The second kappa shape index (κ2) is 6.35. The van der Waals surface area contributed by atoms with Gasteiger partial charge in [-0.15, -0.1) is 0 Å². The molecule has 4 nitrogen and oxygen atoms in total. The van der Waals surface area contributed by atoms with Crippen molar-refractivity contribution in [1.29, 1.82) is 0 Å². The lowest BCUT2D eigenvalue weighted by molar-refractivity contribution is 0.118. The van der Waals surface area contributed by atoms with Gasteiger partial charge in [-0.1, -0.05) is 13.8 Å². The van der Waals surface area contributed by atoms with Gasteiger partial charge in [0, 0.05) is 25.5 Å². The van der Waals surface area contributed by atoms with Gasteiger partial charge in [0.05, 0.1) is 12.3 Å². The summed E-state index contributed by atoms with van der Waals surface area (Å²) >= 11 is 0. The highest BCUT2D eigenvalue weighted by Gasteiger charge is 1.98. The molecule has 0 radical (unpaired) electrons. The Labute approximate surface area is 91.1 Å². The molecule has 1 aromatic heterocycles. The molecule has 1 aromatic rings. The van der Waals surface area contributed by atoms with E-state index in [-0.39, 0.29) is 0 Å². The van der Waals surface area contributed by atoms with Crippen LogP contribution in [0.25, 0.3) is 0 Å². The Morgan fingerprint density at radius 1 is 1.33 bits per heavy atom. The molecule has 0 unspecified atom stereocenters. The first-order valence-corrected chi connectivity index (χ1v) is 5.29. The average molecular weight is 209 g/mol. The minimum atomic E-state index is 0.586. The third-order valence-electron chi connectivity index (χ3n) is 1.87. The minimum Gasteiger partial charge on any atom is -0.379 e. The van der Waals surface area contributed by atoms with E-state index in [9.17, 15) is 0 Å². The van der Waals surface area contributed by atoms with Crippen LogP contribution in [0.15, 0.2) is 12.4 Å². The van der Waals surface area contributed by atoms with E-state index < -0.39 is 0 Å². The number of ether oxygens (including phenoxy) is 1. The normalized spacial score (nSPS) is 10.7. The van der Waals surface area contributed by atoms with Crippen LogP contribution in [0, 0.1) is 12.8 Å². The van der Waals surface area contributed by atoms with Crippen LogP contribution in [-0.2, 0) is 4.74 Å². The number of anilines is 1. The monoisotopic (exact) mass is 209 g/mol. The second-order valence-electron chi connectivity index (χ2n) is 3.89. The molecule has 0 fully saturated rings. The van der Waals surface area contributed by atoms with Crippen LogP contribution in [-0.4, -0.2) is 29.7 Å². The van der Waals surface area contributed by atoms with E-state index in [4.69, 9.17) is 4.74 Å². The second-order valence-corrected chi connectivity index (χ2v) is 3.89. The molecular formula is C11H19N3O. The van der Waals surface area contributed by atoms with Crippen LogP contribution in [0.1, 0.15) is 19.5 Å². The molecule has 1 rings (SSSR count). The Kier molecular flexibility index (Phi) is 5.04. The van der Waals surface area contributed by atoms with Gasteiger partial charge < -0.3 is 10.1 Å². The lowest BCUT2D eigenvalue weighted by atomic mass is 10.2. The average Bonchev–Trinajstić information content (AvgIpc) is 2.20. The van der Waals surface area contributed by atoms with Crippen LogP contribution < -0.4 is 5.32 Å². The van der Waals surface area contributed by atoms with Gasteiger partial charge in [0.15, 0.2) is 0 Å². The maximum absolute atomic E-state index is 5.45. The molecule has 0 amide bonds. The molecule has 0 aliphatic heterocycles. The van der Waals surface area contributed by atoms with Crippen molar-refractivity contribution in [2.24, 2.45) is 5.92 Å². The van der Waals surface area contributed by atoms with Gasteiger partial charge in [-0.3, -0.25) is 4.98 Å². The van der Waals surface area contributed by atoms with Crippen LogP contribution >= 0.6 is 0 Å². The molecule has 4 heteroatoms. The molecular weight excluding hydrogens is 190 g/mol. The standard InChI is InChI=1S/C11H19N3O/c1-9(2)8-15-7-6-14-11-10(3)12-4-5-13-11/h4-5,9H,6-8H2,1-3H3,(H,13,14). The zero-order chi connectivity index (χ0) is 11.1. The number of nitrogens with zero attached hydrogens (tertiary/aromatic N) is 2. The Hall–Kier alpha value is -1.16. The summed E-state index contributed by atoms with van der Waals surface area (Å²) in [5.41, 5.74) is 0.918. The molecule has 0 aromatic carbocycles. The third-order valence-corrected chi connectivity index (χ3v) is 1.87. The van der Waals surface area contributed by atoms with E-state index in [1.54, 1.807) is 12.4 Å². The van der Waals surface area contributed by atoms with Gasteiger partial charge >= 0.3 is 0 Å². The van der Waals surface area contributed by atoms with Crippen molar-refractivity contribution < 1.29 is 4.74 Å². The predicted octanol–water partition coefficient (Wildman–Crippen LogP) is 1.87. The smallest absolute Gasteiger partial charge is 0.147 e. The number of aryl methyl sites for hydroxylation is 1. The Balaban J connectivity index is 2.18. The summed E-state index contributed by atoms with van der Waals surface area (Å²) in [6.07, 6.45) is 3.38. The molecule has 0 bridgehead atoms. The van der Waals surface area contributed by atoms with Crippen LogP contribution in [0.2, 0.25) is 0 Å². The van der Waals surface area contributed by atoms with Crippen molar-refractivity contribution in [3.05, 3.63) is 18.1 Å². The van der Waals surface area contributed by atoms with Crippen LogP contribution in [0.4, 0.5) is 5.82 Å². The van der Waals surface area contributed by atoms with Crippen LogP contribution in [0.5, 0.6) is 0 Å². The number of rotatable bonds is 6. The van der Waals surface area contributed by atoms with E-state index in [1.165, 1.54) is 0 Å². The highest BCUT2D eigenvalue weighted by Crippen LogP contribution is 2.04. The SMILES string of the molecule is Cc1nccnc1NCCOCC(C)C. The van der Waals surface area contributed by atoms with Gasteiger partial charge in [0.25, 0.3) is 0 Å². The first-order valence-electron chi connectivity index (χ1n) is 5.29. The Morgan fingerprint density at radius 2 is 2.07 bits per heavy atom. The maximum atomic E-state index is 5.45. The van der Waals surface area contributed by atoms with Gasteiger partial charge in [0.2, 0.25) is 0 Å². The molecule has 0 atom stereocenters. The first-order chi connectivity index (χ1) is 7.20. The van der Waals surface area contributed by atoms with Crippen molar-refractivity contribution in [2.45, 2.75) is 20.8 Å². The number of nitrogens with one attached hydrogen (secondary N) is 1. The topological polar surface area (TPSA) is 47.0 Å². The van der Waals surface area contributed by atoms with Crippen molar-refractivity contribution in [2.75, 3.05) is 25.1 Å². The molecule has 0 aliphatic carbocycles. The fourth-order valence-corrected chi connectivity index (χ4v) is 1.14. The summed E-state index contributed by atoms with van der Waals surface area (Å²) < 4.78 is 5.45. The highest BCUT2D eigenvalue weighted by atomic mass is 16.5. The van der Waals surface area contributed by atoms with Crippen molar-refractivity contribution in [3.8, 4) is 0 Å². The summed E-state index contributed by atoms with van der Waals surface area (Å²) in [4.78, 5) is 8.32. The lowest BCUT2D eigenvalue weighted by Crippen LogP contribution is -2.13. The van der Waals surface area contributed by atoms with Gasteiger partial charge in [-0.2, -0.15) is 0 Å². The van der Waals surface area contributed by atoms with Crippen molar-refractivity contribution >= 4 is 5.82 Å². The number of aromatic nitrogens is 2. The molecule has 0 saturated carbocycles. The van der Waals surface area contributed by atoms with Crippen molar-refractivity contribution in [1.82, 2.24) is 9.97 Å². The van der Waals surface area contributed by atoms with Crippen molar-refractivity contribution in [3.63, 3.8) is 0 Å². The van der Waals surface area contributed by atoms with E-state index in [0.29, 0.717) is 12.5 Å². The predicted molar refractivity (Wildman–Crippen MR) is 60.9 cm³/mol. The van der Waals surface area contributed by atoms with E-state index in [2.05, 4.69) is 29.1 Å². The lowest BCUT2D eigenvalue weighted by Gasteiger charge is -2.09. The molecule has 1 heterocycles. The molecule has 0 aliphatic rings. The Bertz CT molecular complexity index is 289. The Morgan fingerprint density at radius 3 is 2.73 bits per heavy atom. The summed E-state index contributed by atoms with van der Waals surface area (Å²) in [6.45, 7) is 8.49. The highest BCUT2D eigenvalue weighted by molar-refractivity contribution is 5.37. The number of hydrogen-bond donors (Lipinski definition) is 1. The van der Waals surface area contributed by atoms with Gasteiger partial charge in [-0.25, -0.2) is 4.98 Å². The van der Waals surface area contributed by atoms with Gasteiger partial charge in [-0.05, 0) is 12.8 Å². The quantitative estimate of drug-likeness (QED) is 0.726. The molecule has 0 spiro atoms. The zero-order valence-electron chi connectivity index (χ0n) is 9.66. The zero-order valence-corrected chi connectivity index (χ0v) is 9.66. The van der Waals surface area contributed by atoms with E-state index in [0.717, 1.165) is 24.7 Å². The van der Waals surface area contributed by atoms with Gasteiger partial charge in [0.1, 0.15) is 5.82 Å². The van der Waals surface area contributed by atoms with Crippen LogP contribution in [0.3, 0.4) is 0 Å². The fraction of sp³-hybridized carbons (Fsp3) is 0.636. The first kappa shape index (κ1) is 11.9. The fourth-order valence-electron chi connectivity index (χ4n) is 1.14. The maximum Gasteiger partial charge on any atom is 0.147 e. The van der Waals surface area contributed by atoms with E-state index >= 15 is 0 Å². The van der Waals surface area contributed by atoms with E-state index in [1.807, 2.05) is 6.92 Å². The molecule has 1 N–H and O–H groups in total. The number of hydrogen-bond acceptors (Lipinski definition) is 4. The molecule has 15 heavy (non-hydrogen) atoms. The summed E-state index contributed by atoms with van der Waals surface area (Å²) in [6, 6.07) is 0. The summed E-state index contributed by atoms with van der Waals surface area (Å²) in [7, 11) is 0. The molecule has 0 saturated heterocycles.